The molecule has 0 heterocycles. The molecule has 1 N–H and O–H groups in total. The van der Waals surface area contributed by atoms with Crippen molar-refractivity contribution < 1.29 is 23.5 Å². The Bertz CT molecular complexity index is 217. The van der Waals surface area contributed by atoms with Crippen molar-refractivity contribution >= 4 is 13.9 Å². The number of unbranched alkanes of at least 4 members (excludes halogenated alkanes) is 2. The Morgan fingerprint density at radius 2 is 1.62 bits per heavy atom. The van der Waals surface area contributed by atoms with Gasteiger partial charge in [0.15, 0.2) is 6.29 Å². The molecule has 0 radical (unpaired) electrons. The molecule has 0 aliphatic carbocycles. The molecule has 5 nitrogen and oxygen atoms in total. The lowest BCUT2D eigenvalue weighted by molar-refractivity contribution is -0.112. The fourth-order valence-corrected chi connectivity index (χ4v) is 2.23. The van der Waals surface area contributed by atoms with E-state index in [1.807, 2.05) is 13.8 Å². The Morgan fingerprint density at radius 1 is 1.19 bits per heavy atom. The van der Waals surface area contributed by atoms with Gasteiger partial charge in [0, 0.05) is 0 Å². The summed E-state index contributed by atoms with van der Waals surface area (Å²) in [5, 5.41) is 9.29. The van der Waals surface area contributed by atoms with E-state index in [2.05, 4.69) is 0 Å². The second-order valence-electron chi connectivity index (χ2n) is 3.46. The van der Waals surface area contributed by atoms with Gasteiger partial charge in [-0.2, -0.15) is 0 Å². The SMILES string of the molecule is CCCCOP(=O)(OCCCC)C(O)C=O. The van der Waals surface area contributed by atoms with Crippen LogP contribution in [-0.4, -0.2) is 30.5 Å². The number of aliphatic hydroxyl groups is 1. The summed E-state index contributed by atoms with van der Waals surface area (Å²) in [7, 11) is -3.68. The molecule has 0 aromatic carbocycles. The van der Waals surface area contributed by atoms with E-state index in [0.717, 1.165) is 12.8 Å². The predicted molar refractivity (Wildman–Crippen MR) is 61.4 cm³/mol. The molecule has 0 aliphatic heterocycles. The highest BCUT2D eigenvalue weighted by atomic mass is 31.2. The molecule has 0 fully saturated rings. The van der Waals surface area contributed by atoms with Crippen LogP contribution in [0.3, 0.4) is 0 Å². The van der Waals surface area contributed by atoms with Gasteiger partial charge in [-0.15, -0.1) is 0 Å². The molecule has 0 amide bonds. The van der Waals surface area contributed by atoms with E-state index < -0.39 is 13.4 Å². The molecule has 1 atom stereocenters. The molecule has 0 rings (SSSR count). The fraction of sp³-hybridized carbons (Fsp3) is 0.900. The zero-order valence-corrected chi connectivity index (χ0v) is 10.8. The van der Waals surface area contributed by atoms with Gasteiger partial charge in [-0.05, 0) is 12.8 Å². The van der Waals surface area contributed by atoms with Gasteiger partial charge < -0.3 is 14.2 Å². The summed E-state index contributed by atoms with van der Waals surface area (Å²) in [4.78, 5) is 10.4. The van der Waals surface area contributed by atoms with E-state index in [0.29, 0.717) is 12.8 Å². The first-order chi connectivity index (χ1) is 7.60. The molecular weight excluding hydrogens is 231 g/mol. The second kappa shape index (κ2) is 8.88. The number of hydrogen-bond acceptors (Lipinski definition) is 5. The van der Waals surface area contributed by atoms with Crippen LogP contribution in [0.4, 0.5) is 0 Å². The van der Waals surface area contributed by atoms with Crippen LogP contribution in [0.5, 0.6) is 0 Å². The monoisotopic (exact) mass is 252 g/mol. The van der Waals surface area contributed by atoms with Crippen LogP contribution in [0, 0.1) is 0 Å². The van der Waals surface area contributed by atoms with Gasteiger partial charge in [0.2, 0.25) is 5.85 Å². The van der Waals surface area contributed by atoms with Crippen LogP contribution in [0.1, 0.15) is 39.5 Å². The average molecular weight is 252 g/mol. The van der Waals surface area contributed by atoms with Crippen LogP contribution >= 0.6 is 7.60 Å². The number of carbonyl (C=O) groups excluding carboxylic acids is 1. The number of rotatable bonds is 10. The van der Waals surface area contributed by atoms with Gasteiger partial charge in [0.05, 0.1) is 13.2 Å². The van der Waals surface area contributed by atoms with Crippen LogP contribution in [-0.2, 0) is 18.4 Å². The van der Waals surface area contributed by atoms with Crippen molar-refractivity contribution in [3.05, 3.63) is 0 Å². The van der Waals surface area contributed by atoms with Gasteiger partial charge in [0.1, 0.15) is 0 Å². The summed E-state index contributed by atoms with van der Waals surface area (Å²) in [5.41, 5.74) is 0. The molecule has 0 aromatic rings. The summed E-state index contributed by atoms with van der Waals surface area (Å²) >= 11 is 0. The minimum atomic E-state index is -3.68. The molecule has 1 unspecified atom stereocenters. The zero-order chi connectivity index (χ0) is 12.4. The standard InChI is InChI=1S/C10H21O5P/c1-3-5-7-14-16(13,10(12)9-11)15-8-6-4-2/h9-10,12H,3-8H2,1-2H3. The number of hydrogen-bond donors (Lipinski definition) is 1. The summed E-state index contributed by atoms with van der Waals surface area (Å²) in [5.74, 6) is -1.68. The summed E-state index contributed by atoms with van der Waals surface area (Å²) in [6, 6.07) is 0. The Kier molecular flexibility index (Phi) is 8.76. The highest BCUT2D eigenvalue weighted by molar-refractivity contribution is 7.55. The Hall–Kier alpha value is -0.220. The van der Waals surface area contributed by atoms with E-state index in [1.54, 1.807) is 0 Å². The summed E-state index contributed by atoms with van der Waals surface area (Å²) < 4.78 is 22.0. The first-order valence-corrected chi connectivity index (χ1v) is 7.24. The van der Waals surface area contributed by atoms with Crippen LogP contribution < -0.4 is 0 Å². The van der Waals surface area contributed by atoms with Crippen molar-refractivity contribution in [1.82, 2.24) is 0 Å². The first kappa shape index (κ1) is 15.8. The molecule has 16 heavy (non-hydrogen) atoms. The normalized spacial score (nSPS) is 13.7. The maximum absolute atomic E-state index is 12.0. The molecule has 0 spiro atoms. The van der Waals surface area contributed by atoms with Gasteiger partial charge >= 0.3 is 7.60 Å². The smallest absolute Gasteiger partial charge is 0.366 e. The highest BCUT2D eigenvalue weighted by Gasteiger charge is 2.34. The molecule has 0 aliphatic rings. The number of aldehydes is 1. The highest BCUT2D eigenvalue weighted by Crippen LogP contribution is 2.51. The average Bonchev–Trinajstić information content (AvgIpc) is 2.28. The quantitative estimate of drug-likeness (QED) is 0.367. The third kappa shape index (κ3) is 5.75. The second-order valence-corrected chi connectivity index (χ2v) is 5.59. The van der Waals surface area contributed by atoms with Crippen molar-refractivity contribution in [3.8, 4) is 0 Å². The van der Waals surface area contributed by atoms with E-state index in [9.17, 15) is 14.5 Å². The maximum Gasteiger partial charge on any atom is 0.366 e. The van der Waals surface area contributed by atoms with Gasteiger partial charge in [-0.1, -0.05) is 26.7 Å². The fourth-order valence-electron chi connectivity index (χ4n) is 0.937. The predicted octanol–water partition coefficient (Wildman–Crippen LogP) is 2.33. The van der Waals surface area contributed by atoms with E-state index in [1.165, 1.54) is 0 Å². The van der Waals surface area contributed by atoms with E-state index >= 15 is 0 Å². The Balaban J connectivity index is 4.25. The third-order valence-electron chi connectivity index (χ3n) is 1.98. The van der Waals surface area contributed by atoms with Gasteiger partial charge in [-0.25, -0.2) is 0 Å². The van der Waals surface area contributed by atoms with Crippen molar-refractivity contribution in [2.45, 2.75) is 45.4 Å². The van der Waals surface area contributed by atoms with Crippen LogP contribution in [0.2, 0.25) is 0 Å². The molecule has 0 bridgehead atoms. The maximum atomic E-state index is 12.0. The largest absolute Gasteiger partial charge is 0.374 e. The van der Waals surface area contributed by atoms with Gasteiger partial charge in [-0.3, -0.25) is 9.36 Å². The zero-order valence-electron chi connectivity index (χ0n) is 9.92. The molecule has 0 saturated heterocycles. The topological polar surface area (TPSA) is 72.8 Å². The Labute approximate surface area is 96.7 Å². The molecule has 6 heteroatoms. The van der Waals surface area contributed by atoms with Crippen molar-refractivity contribution in [2.24, 2.45) is 0 Å². The van der Waals surface area contributed by atoms with Crippen LogP contribution in [0.25, 0.3) is 0 Å². The number of carbonyl (C=O) groups is 1. The van der Waals surface area contributed by atoms with Gasteiger partial charge in [0.25, 0.3) is 0 Å². The third-order valence-corrected chi connectivity index (χ3v) is 3.84. The van der Waals surface area contributed by atoms with Crippen molar-refractivity contribution in [2.75, 3.05) is 13.2 Å². The van der Waals surface area contributed by atoms with E-state index in [4.69, 9.17) is 9.05 Å². The molecular formula is C10H21O5P. The minimum Gasteiger partial charge on any atom is -0.374 e. The van der Waals surface area contributed by atoms with E-state index in [-0.39, 0.29) is 19.5 Å². The van der Waals surface area contributed by atoms with Crippen molar-refractivity contribution in [3.63, 3.8) is 0 Å². The summed E-state index contributed by atoms with van der Waals surface area (Å²) in [6.07, 6.45) is 3.39. The number of aliphatic hydroxyl groups excluding tert-OH is 1. The lowest BCUT2D eigenvalue weighted by atomic mass is 10.4. The first-order valence-electron chi connectivity index (χ1n) is 5.62. The molecule has 96 valence electrons. The summed E-state index contributed by atoms with van der Waals surface area (Å²) in [6.45, 7) is 4.38. The van der Waals surface area contributed by atoms with Crippen LogP contribution in [0.15, 0.2) is 0 Å². The molecule has 0 saturated carbocycles. The lowest BCUT2D eigenvalue weighted by Gasteiger charge is -2.19. The lowest BCUT2D eigenvalue weighted by Crippen LogP contribution is -2.14. The minimum absolute atomic E-state index is 0.193. The Morgan fingerprint density at radius 3 is 1.94 bits per heavy atom. The van der Waals surface area contributed by atoms with Crippen molar-refractivity contribution in [1.29, 1.82) is 0 Å². The molecule has 0 aromatic heterocycles.